The molecule has 0 aliphatic carbocycles. The quantitative estimate of drug-likeness (QED) is 0.589. The van der Waals surface area contributed by atoms with E-state index in [9.17, 15) is 0 Å². The molecule has 0 fully saturated rings. The number of azo groups is 1. The first-order valence-corrected chi connectivity index (χ1v) is 6.99. The molecule has 22 heavy (non-hydrogen) atoms. The van der Waals surface area contributed by atoms with Crippen molar-refractivity contribution in [1.82, 2.24) is 5.16 Å². The average Bonchev–Trinajstić information content (AvgIpc) is 2.93. The lowest BCUT2D eigenvalue weighted by molar-refractivity contribution is 0.396. The number of hydrogen-bond donors (Lipinski definition) is 0. The highest BCUT2D eigenvalue weighted by Crippen LogP contribution is 2.27. The monoisotopic (exact) mass is 289 g/mol. The largest absolute Gasteiger partial charge is 0.359 e. The van der Waals surface area contributed by atoms with Crippen LogP contribution < -0.4 is 0 Å². The van der Waals surface area contributed by atoms with E-state index in [1.807, 2.05) is 79.7 Å². The van der Waals surface area contributed by atoms with Crippen molar-refractivity contribution in [3.63, 3.8) is 0 Å². The van der Waals surface area contributed by atoms with Gasteiger partial charge in [-0.15, -0.1) is 5.11 Å². The van der Waals surface area contributed by atoms with Crippen molar-refractivity contribution in [3.8, 4) is 0 Å². The highest BCUT2D eigenvalue weighted by molar-refractivity contribution is 5.73. The number of aryl methyl sites for hydroxylation is 1. The van der Waals surface area contributed by atoms with Crippen molar-refractivity contribution in [2.45, 2.75) is 6.92 Å². The van der Waals surface area contributed by atoms with Crippen LogP contribution in [0.25, 0.3) is 12.2 Å². The van der Waals surface area contributed by atoms with Gasteiger partial charge in [-0.2, -0.15) is 5.11 Å². The van der Waals surface area contributed by atoms with E-state index in [2.05, 4.69) is 15.4 Å². The first-order valence-electron chi connectivity index (χ1n) is 6.99. The molecule has 0 spiro atoms. The average molecular weight is 289 g/mol. The second-order valence-corrected chi connectivity index (χ2v) is 4.75. The van der Waals surface area contributed by atoms with Crippen LogP contribution >= 0.6 is 0 Å². The number of benzene rings is 2. The molecule has 1 heterocycles. The maximum atomic E-state index is 5.22. The maximum Gasteiger partial charge on any atom is 0.161 e. The second kappa shape index (κ2) is 6.63. The van der Waals surface area contributed by atoms with E-state index >= 15 is 0 Å². The van der Waals surface area contributed by atoms with E-state index < -0.39 is 0 Å². The molecule has 4 nitrogen and oxygen atoms in total. The van der Waals surface area contributed by atoms with Gasteiger partial charge in [0.1, 0.15) is 5.69 Å². The SMILES string of the molecule is Cc1onc(C=Cc2ccccc2)c1N=Nc1ccccc1. The minimum absolute atomic E-state index is 0.646. The van der Waals surface area contributed by atoms with Gasteiger partial charge in [0, 0.05) is 0 Å². The summed E-state index contributed by atoms with van der Waals surface area (Å²) in [4.78, 5) is 0. The van der Waals surface area contributed by atoms with Crippen LogP contribution in [0.5, 0.6) is 0 Å². The molecule has 0 radical (unpaired) electrons. The Labute approximate surface area is 128 Å². The Hall–Kier alpha value is -3.01. The number of rotatable bonds is 4. The summed E-state index contributed by atoms with van der Waals surface area (Å²) >= 11 is 0. The lowest BCUT2D eigenvalue weighted by atomic mass is 10.2. The molecule has 0 saturated heterocycles. The van der Waals surface area contributed by atoms with Gasteiger partial charge in [-0.25, -0.2) is 0 Å². The van der Waals surface area contributed by atoms with Gasteiger partial charge < -0.3 is 4.52 Å². The van der Waals surface area contributed by atoms with Crippen molar-refractivity contribution in [1.29, 1.82) is 0 Å². The van der Waals surface area contributed by atoms with Gasteiger partial charge >= 0.3 is 0 Å². The van der Waals surface area contributed by atoms with Crippen LogP contribution in [0.4, 0.5) is 11.4 Å². The molecule has 0 N–H and O–H groups in total. The molecule has 0 saturated carbocycles. The Morgan fingerprint density at radius 3 is 2.27 bits per heavy atom. The fourth-order valence-electron chi connectivity index (χ4n) is 1.96. The molecule has 2 aromatic carbocycles. The van der Waals surface area contributed by atoms with Crippen LogP contribution in [0.3, 0.4) is 0 Å². The maximum absolute atomic E-state index is 5.22. The Balaban J connectivity index is 1.85. The Morgan fingerprint density at radius 1 is 0.864 bits per heavy atom. The molecule has 0 bridgehead atoms. The van der Waals surface area contributed by atoms with Crippen molar-refractivity contribution < 1.29 is 4.52 Å². The van der Waals surface area contributed by atoms with E-state index in [-0.39, 0.29) is 0 Å². The normalized spacial score (nSPS) is 11.5. The molecular weight excluding hydrogens is 274 g/mol. The van der Waals surface area contributed by atoms with Crippen LogP contribution in [0.15, 0.2) is 75.4 Å². The van der Waals surface area contributed by atoms with E-state index in [1.54, 1.807) is 0 Å². The Bertz CT molecular complexity index is 790. The molecule has 0 atom stereocenters. The summed E-state index contributed by atoms with van der Waals surface area (Å²) < 4.78 is 5.22. The first kappa shape index (κ1) is 13.9. The molecule has 4 heteroatoms. The van der Waals surface area contributed by atoms with Crippen molar-refractivity contribution in [2.75, 3.05) is 0 Å². The predicted octanol–water partition coefficient (Wildman–Crippen LogP) is 5.57. The second-order valence-electron chi connectivity index (χ2n) is 4.75. The molecular formula is C18H15N3O. The summed E-state index contributed by atoms with van der Waals surface area (Å²) in [7, 11) is 0. The van der Waals surface area contributed by atoms with Crippen molar-refractivity contribution >= 4 is 23.5 Å². The molecule has 0 aliphatic heterocycles. The van der Waals surface area contributed by atoms with E-state index in [4.69, 9.17) is 4.52 Å². The fraction of sp³-hybridized carbons (Fsp3) is 0.0556. The summed E-state index contributed by atoms with van der Waals surface area (Å²) in [5, 5.41) is 12.5. The summed E-state index contributed by atoms with van der Waals surface area (Å²) in [6.07, 6.45) is 3.85. The summed E-state index contributed by atoms with van der Waals surface area (Å²) in [5.74, 6) is 0.646. The third-order valence-corrected chi connectivity index (χ3v) is 3.11. The summed E-state index contributed by atoms with van der Waals surface area (Å²) in [6, 6.07) is 19.6. The van der Waals surface area contributed by atoms with Crippen LogP contribution in [0, 0.1) is 6.92 Å². The van der Waals surface area contributed by atoms with Crippen LogP contribution in [-0.4, -0.2) is 5.16 Å². The van der Waals surface area contributed by atoms with Gasteiger partial charge in [-0.1, -0.05) is 59.8 Å². The highest BCUT2D eigenvalue weighted by Gasteiger charge is 2.09. The topological polar surface area (TPSA) is 50.8 Å². The molecule has 0 aliphatic rings. The van der Waals surface area contributed by atoms with Crippen LogP contribution in [0.1, 0.15) is 17.0 Å². The number of hydrogen-bond acceptors (Lipinski definition) is 4. The standard InChI is InChI=1S/C18H15N3O/c1-14-18(20-19-16-10-6-3-7-11-16)17(21-22-14)13-12-15-8-4-2-5-9-15/h2-13H,1H3. The van der Waals surface area contributed by atoms with E-state index in [0.29, 0.717) is 17.1 Å². The molecule has 3 aromatic rings. The lowest BCUT2D eigenvalue weighted by Gasteiger charge is -1.93. The van der Waals surface area contributed by atoms with Crippen molar-refractivity contribution in [3.05, 3.63) is 77.7 Å². The van der Waals surface area contributed by atoms with Gasteiger partial charge in [-0.05, 0) is 30.7 Å². The smallest absolute Gasteiger partial charge is 0.161 e. The molecule has 3 rings (SSSR count). The zero-order valence-electron chi connectivity index (χ0n) is 12.2. The van der Waals surface area contributed by atoms with Gasteiger partial charge in [0.2, 0.25) is 0 Å². The molecule has 1 aromatic heterocycles. The minimum atomic E-state index is 0.646. The zero-order valence-corrected chi connectivity index (χ0v) is 12.2. The third-order valence-electron chi connectivity index (χ3n) is 3.11. The summed E-state index contributed by atoms with van der Waals surface area (Å²) in [6.45, 7) is 1.83. The minimum Gasteiger partial charge on any atom is -0.359 e. The first-order chi connectivity index (χ1) is 10.8. The Kier molecular flexibility index (Phi) is 4.20. The molecule has 0 amide bonds. The summed E-state index contributed by atoms with van der Waals surface area (Å²) in [5.41, 5.74) is 3.20. The fourth-order valence-corrected chi connectivity index (χ4v) is 1.96. The molecule has 0 unspecified atom stereocenters. The lowest BCUT2D eigenvalue weighted by Crippen LogP contribution is -1.73. The van der Waals surface area contributed by atoms with Crippen molar-refractivity contribution in [2.24, 2.45) is 10.2 Å². The van der Waals surface area contributed by atoms with E-state index in [0.717, 1.165) is 11.3 Å². The molecule has 108 valence electrons. The highest BCUT2D eigenvalue weighted by atomic mass is 16.5. The number of aromatic nitrogens is 1. The van der Waals surface area contributed by atoms with Gasteiger partial charge in [0.25, 0.3) is 0 Å². The third kappa shape index (κ3) is 3.35. The van der Waals surface area contributed by atoms with Gasteiger partial charge in [-0.3, -0.25) is 0 Å². The van der Waals surface area contributed by atoms with Crippen LogP contribution in [-0.2, 0) is 0 Å². The van der Waals surface area contributed by atoms with E-state index in [1.165, 1.54) is 0 Å². The number of nitrogens with zero attached hydrogens (tertiary/aromatic N) is 3. The predicted molar refractivity (Wildman–Crippen MR) is 87.2 cm³/mol. The Morgan fingerprint density at radius 2 is 1.55 bits per heavy atom. The van der Waals surface area contributed by atoms with Gasteiger partial charge in [0.15, 0.2) is 11.4 Å². The van der Waals surface area contributed by atoms with Gasteiger partial charge in [0.05, 0.1) is 5.69 Å². The zero-order chi connectivity index (χ0) is 15.2. The van der Waals surface area contributed by atoms with Crippen LogP contribution in [0.2, 0.25) is 0 Å².